The third-order valence-corrected chi connectivity index (χ3v) is 3.67. The SMILES string of the molecule is CNc1nc(N2CCC(C)(O)CC2)nc(-n2cccn2)n1. The number of piperidine rings is 1. The minimum atomic E-state index is -0.597. The highest BCUT2D eigenvalue weighted by atomic mass is 16.3. The van der Waals surface area contributed by atoms with Gasteiger partial charge in [0.25, 0.3) is 5.95 Å². The van der Waals surface area contributed by atoms with Crippen LogP contribution in [0.1, 0.15) is 19.8 Å². The summed E-state index contributed by atoms with van der Waals surface area (Å²) in [6, 6.07) is 1.82. The fraction of sp³-hybridized carbons (Fsp3) is 0.538. The van der Waals surface area contributed by atoms with Crippen molar-refractivity contribution in [2.45, 2.75) is 25.4 Å². The van der Waals surface area contributed by atoms with Crippen molar-refractivity contribution in [3.63, 3.8) is 0 Å². The topological polar surface area (TPSA) is 92.0 Å². The van der Waals surface area contributed by atoms with Gasteiger partial charge in [0.05, 0.1) is 5.60 Å². The summed E-state index contributed by atoms with van der Waals surface area (Å²) in [4.78, 5) is 15.3. The lowest BCUT2D eigenvalue weighted by molar-refractivity contribution is 0.0349. The van der Waals surface area contributed by atoms with Crippen LogP contribution in [-0.2, 0) is 0 Å². The number of nitrogens with one attached hydrogen (secondary N) is 1. The first-order valence-corrected chi connectivity index (χ1v) is 6.99. The zero-order valence-electron chi connectivity index (χ0n) is 12.2. The highest BCUT2D eigenvalue weighted by molar-refractivity contribution is 5.40. The van der Waals surface area contributed by atoms with Crippen LogP contribution < -0.4 is 10.2 Å². The molecule has 0 bridgehead atoms. The van der Waals surface area contributed by atoms with Gasteiger partial charge in [0.15, 0.2) is 0 Å². The lowest BCUT2D eigenvalue weighted by Crippen LogP contribution is -2.43. The summed E-state index contributed by atoms with van der Waals surface area (Å²) < 4.78 is 1.60. The van der Waals surface area contributed by atoms with Gasteiger partial charge in [-0.1, -0.05) is 0 Å². The highest BCUT2D eigenvalue weighted by Gasteiger charge is 2.29. The van der Waals surface area contributed by atoms with E-state index in [1.54, 1.807) is 24.1 Å². The zero-order valence-corrected chi connectivity index (χ0v) is 12.2. The molecule has 8 nitrogen and oxygen atoms in total. The van der Waals surface area contributed by atoms with Gasteiger partial charge < -0.3 is 15.3 Å². The van der Waals surface area contributed by atoms with Crippen molar-refractivity contribution in [1.82, 2.24) is 24.7 Å². The van der Waals surface area contributed by atoms with E-state index in [1.807, 2.05) is 13.0 Å². The van der Waals surface area contributed by atoms with Crippen LogP contribution in [0.25, 0.3) is 5.95 Å². The van der Waals surface area contributed by atoms with Crippen LogP contribution in [0.4, 0.5) is 11.9 Å². The van der Waals surface area contributed by atoms with Crippen LogP contribution in [-0.4, -0.2) is 55.6 Å². The Morgan fingerprint density at radius 2 is 1.90 bits per heavy atom. The molecule has 0 spiro atoms. The van der Waals surface area contributed by atoms with Crippen LogP contribution in [0, 0.1) is 0 Å². The number of aromatic nitrogens is 5. The van der Waals surface area contributed by atoms with Crippen molar-refractivity contribution in [1.29, 1.82) is 0 Å². The van der Waals surface area contributed by atoms with Gasteiger partial charge in [-0.3, -0.25) is 0 Å². The Kier molecular flexibility index (Phi) is 3.46. The van der Waals surface area contributed by atoms with Gasteiger partial charge in [-0.2, -0.15) is 20.1 Å². The monoisotopic (exact) mass is 289 g/mol. The largest absolute Gasteiger partial charge is 0.390 e. The Morgan fingerprint density at radius 1 is 1.19 bits per heavy atom. The van der Waals surface area contributed by atoms with Crippen molar-refractivity contribution in [3.8, 4) is 5.95 Å². The number of hydrogen-bond acceptors (Lipinski definition) is 7. The molecule has 0 aromatic carbocycles. The predicted molar refractivity (Wildman–Crippen MR) is 78.6 cm³/mol. The normalized spacial score (nSPS) is 17.8. The van der Waals surface area contributed by atoms with Crippen molar-refractivity contribution >= 4 is 11.9 Å². The molecule has 0 radical (unpaired) electrons. The Hall–Kier alpha value is -2.22. The summed E-state index contributed by atoms with van der Waals surface area (Å²) in [7, 11) is 1.77. The van der Waals surface area contributed by atoms with E-state index >= 15 is 0 Å². The molecule has 0 atom stereocenters. The first-order chi connectivity index (χ1) is 10.1. The Morgan fingerprint density at radius 3 is 2.52 bits per heavy atom. The number of hydrogen-bond donors (Lipinski definition) is 2. The van der Waals surface area contributed by atoms with Crippen molar-refractivity contribution in [3.05, 3.63) is 18.5 Å². The maximum Gasteiger partial charge on any atom is 0.257 e. The van der Waals surface area contributed by atoms with Crippen LogP contribution in [0.15, 0.2) is 18.5 Å². The molecule has 1 fully saturated rings. The minimum Gasteiger partial charge on any atom is -0.390 e. The van der Waals surface area contributed by atoms with E-state index in [0.29, 0.717) is 30.7 Å². The maximum absolute atomic E-state index is 10.0. The second-order valence-electron chi connectivity index (χ2n) is 5.44. The number of rotatable bonds is 3. The molecule has 21 heavy (non-hydrogen) atoms. The average Bonchev–Trinajstić information content (AvgIpc) is 3.01. The van der Waals surface area contributed by atoms with Crippen molar-refractivity contribution in [2.75, 3.05) is 30.4 Å². The van der Waals surface area contributed by atoms with E-state index in [1.165, 1.54) is 0 Å². The van der Waals surface area contributed by atoms with Crippen LogP contribution in [0.2, 0.25) is 0 Å². The third-order valence-electron chi connectivity index (χ3n) is 3.67. The minimum absolute atomic E-state index is 0.478. The lowest BCUT2D eigenvalue weighted by Gasteiger charge is -2.35. The molecule has 0 unspecified atom stereocenters. The van der Waals surface area contributed by atoms with Gasteiger partial charge in [0, 0.05) is 32.5 Å². The molecule has 2 aromatic heterocycles. The molecule has 8 heteroatoms. The first-order valence-electron chi connectivity index (χ1n) is 6.99. The molecular formula is C13H19N7O. The van der Waals surface area contributed by atoms with Gasteiger partial charge in [-0.25, -0.2) is 4.68 Å². The Bertz CT molecular complexity index is 601. The summed E-state index contributed by atoms with van der Waals surface area (Å²) in [6.07, 6.45) is 4.87. The molecule has 3 heterocycles. The van der Waals surface area contributed by atoms with E-state index < -0.39 is 5.60 Å². The molecule has 0 saturated carbocycles. The summed E-state index contributed by atoms with van der Waals surface area (Å²) in [5, 5.41) is 17.1. The molecule has 3 rings (SSSR count). The standard InChI is InChI=1S/C13H19N7O/c1-13(21)4-8-19(9-5-13)11-16-10(14-2)17-12(18-11)20-7-3-6-15-20/h3,6-7,21H,4-5,8-9H2,1-2H3,(H,14,16,17,18). The number of nitrogens with zero attached hydrogens (tertiary/aromatic N) is 6. The quantitative estimate of drug-likeness (QED) is 0.847. The second-order valence-corrected chi connectivity index (χ2v) is 5.44. The van der Waals surface area contributed by atoms with E-state index in [0.717, 1.165) is 13.1 Å². The number of anilines is 2. The van der Waals surface area contributed by atoms with E-state index in [9.17, 15) is 5.11 Å². The molecule has 2 aromatic rings. The van der Waals surface area contributed by atoms with Crippen LogP contribution >= 0.6 is 0 Å². The second kappa shape index (κ2) is 5.28. The van der Waals surface area contributed by atoms with E-state index in [2.05, 4.69) is 30.3 Å². The molecule has 0 aliphatic carbocycles. The first kappa shape index (κ1) is 13.7. The summed E-state index contributed by atoms with van der Waals surface area (Å²) in [5.41, 5.74) is -0.597. The Labute approximate surface area is 122 Å². The summed E-state index contributed by atoms with van der Waals surface area (Å²) >= 11 is 0. The van der Waals surface area contributed by atoms with Crippen LogP contribution in [0.3, 0.4) is 0 Å². The van der Waals surface area contributed by atoms with Gasteiger partial charge >= 0.3 is 0 Å². The average molecular weight is 289 g/mol. The van der Waals surface area contributed by atoms with Gasteiger partial charge in [0.2, 0.25) is 11.9 Å². The predicted octanol–water partition coefficient (Wildman–Crippen LogP) is 0.450. The molecule has 2 N–H and O–H groups in total. The fourth-order valence-electron chi connectivity index (χ4n) is 2.29. The molecular weight excluding hydrogens is 270 g/mol. The summed E-state index contributed by atoms with van der Waals surface area (Å²) in [6.45, 7) is 3.31. The Balaban J connectivity index is 1.90. The van der Waals surface area contributed by atoms with E-state index in [4.69, 9.17) is 0 Å². The molecule has 1 saturated heterocycles. The zero-order chi connectivity index (χ0) is 14.9. The van der Waals surface area contributed by atoms with Gasteiger partial charge in [-0.15, -0.1) is 0 Å². The molecule has 112 valence electrons. The van der Waals surface area contributed by atoms with Gasteiger partial charge in [-0.05, 0) is 25.8 Å². The van der Waals surface area contributed by atoms with Crippen LogP contribution in [0.5, 0.6) is 0 Å². The van der Waals surface area contributed by atoms with E-state index in [-0.39, 0.29) is 0 Å². The molecule has 0 amide bonds. The fourth-order valence-corrected chi connectivity index (χ4v) is 2.29. The maximum atomic E-state index is 10.0. The molecule has 1 aliphatic rings. The smallest absolute Gasteiger partial charge is 0.257 e. The third kappa shape index (κ3) is 2.94. The molecule has 1 aliphatic heterocycles. The lowest BCUT2D eigenvalue weighted by atomic mass is 9.94. The van der Waals surface area contributed by atoms with Crippen molar-refractivity contribution < 1.29 is 5.11 Å². The van der Waals surface area contributed by atoms with Gasteiger partial charge in [0.1, 0.15) is 0 Å². The number of aliphatic hydroxyl groups is 1. The highest BCUT2D eigenvalue weighted by Crippen LogP contribution is 2.24. The summed E-state index contributed by atoms with van der Waals surface area (Å²) in [5.74, 6) is 1.59. The van der Waals surface area contributed by atoms with Crippen molar-refractivity contribution in [2.24, 2.45) is 0 Å².